The normalized spacial score (nSPS) is 41.5. The van der Waals surface area contributed by atoms with Crippen LogP contribution < -0.4 is 5.32 Å². The number of sulfone groups is 1. The lowest BCUT2D eigenvalue weighted by Gasteiger charge is -2.30. The maximum atomic E-state index is 11.3. The van der Waals surface area contributed by atoms with E-state index < -0.39 is 22.0 Å². The van der Waals surface area contributed by atoms with Gasteiger partial charge >= 0.3 is 0 Å². The summed E-state index contributed by atoms with van der Waals surface area (Å²) in [5.41, 5.74) is 0. The van der Waals surface area contributed by atoms with E-state index in [1.807, 2.05) is 7.05 Å². The molecule has 2 fully saturated rings. The van der Waals surface area contributed by atoms with Crippen LogP contribution in [0.25, 0.3) is 0 Å². The highest BCUT2D eigenvalue weighted by Crippen LogP contribution is 2.25. The van der Waals surface area contributed by atoms with Crippen LogP contribution in [0.4, 0.5) is 0 Å². The van der Waals surface area contributed by atoms with Gasteiger partial charge in [0.2, 0.25) is 0 Å². The monoisotopic (exact) mass is 263 g/mol. The Balaban J connectivity index is 1.82. The van der Waals surface area contributed by atoms with E-state index in [-0.39, 0.29) is 17.6 Å². The lowest BCUT2D eigenvalue weighted by molar-refractivity contribution is -0.0666. The first-order valence-corrected chi connectivity index (χ1v) is 8.03. The van der Waals surface area contributed by atoms with Crippen LogP contribution in [0.5, 0.6) is 0 Å². The quantitative estimate of drug-likeness (QED) is 0.730. The number of rotatable bonds is 3. The van der Waals surface area contributed by atoms with Crippen LogP contribution in [-0.2, 0) is 14.6 Å². The Hall–Kier alpha value is -0.170. The Labute approximate surface area is 102 Å². The van der Waals surface area contributed by atoms with Crippen molar-refractivity contribution in [2.24, 2.45) is 0 Å². The molecule has 1 heterocycles. The number of nitrogens with one attached hydrogen (secondary N) is 1. The number of hydrogen-bond donors (Lipinski definition) is 2. The molecular formula is C11H21NO4S. The van der Waals surface area contributed by atoms with E-state index in [9.17, 15) is 13.5 Å². The Morgan fingerprint density at radius 2 is 1.82 bits per heavy atom. The Morgan fingerprint density at radius 3 is 2.29 bits per heavy atom. The molecule has 2 atom stereocenters. The zero-order valence-electron chi connectivity index (χ0n) is 10.1. The SMILES string of the molecule is CNC1CCC(OC2CS(=O)(=O)CC2O)CC1. The molecule has 1 saturated carbocycles. The molecule has 0 aromatic carbocycles. The van der Waals surface area contributed by atoms with Gasteiger partial charge in [0.15, 0.2) is 9.84 Å². The second-order valence-electron chi connectivity index (χ2n) is 5.08. The predicted octanol–water partition coefficient (Wildman–Crippen LogP) is -0.308. The van der Waals surface area contributed by atoms with Crippen LogP contribution in [0.15, 0.2) is 0 Å². The van der Waals surface area contributed by atoms with Crippen molar-refractivity contribution in [1.82, 2.24) is 5.32 Å². The van der Waals surface area contributed by atoms with Crippen molar-refractivity contribution in [2.75, 3.05) is 18.6 Å². The van der Waals surface area contributed by atoms with E-state index in [1.165, 1.54) is 0 Å². The molecule has 0 bridgehead atoms. The zero-order valence-corrected chi connectivity index (χ0v) is 10.9. The largest absolute Gasteiger partial charge is 0.389 e. The average molecular weight is 263 g/mol. The molecule has 2 aliphatic rings. The molecule has 5 nitrogen and oxygen atoms in total. The van der Waals surface area contributed by atoms with Crippen LogP contribution in [0.3, 0.4) is 0 Å². The topological polar surface area (TPSA) is 75.6 Å². The molecular weight excluding hydrogens is 242 g/mol. The van der Waals surface area contributed by atoms with Crippen LogP contribution in [-0.4, -0.2) is 56.4 Å². The van der Waals surface area contributed by atoms with E-state index in [2.05, 4.69) is 5.32 Å². The summed E-state index contributed by atoms with van der Waals surface area (Å²) in [4.78, 5) is 0. The molecule has 0 spiro atoms. The third-order valence-corrected chi connectivity index (χ3v) is 5.41. The van der Waals surface area contributed by atoms with Crippen LogP contribution >= 0.6 is 0 Å². The maximum absolute atomic E-state index is 11.3. The van der Waals surface area contributed by atoms with Gasteiger partial charge < -0.3 is 15.2 Å². The van der Waals surface area contributed by atoms with Gasteiger partial charge in [-0.3, -0.25) is 0 Å². The molecule has 1 aliphatic carbocycles. The first kappa shape index (κ1) is 13.3. The first-order chi connectivity index (χ1) is 8.00. The van der Waals surface area contributed by atoms with E-state index in [0.29, 0.717) is 6.04 Å². The Bertz CT molecular complexity index is 348. The van der Waals surface area contributed by atoms with E-state index >= 15 is 0 Å². The first-order valence-electron chi connectivity index (χ1n) is 6.21. The summed E-state index contributed by atoms with van der Waals surface area (Å²) < 4.78 is 28.4. The van der Waals surface area contributed by atoms with Gasteiger partial charge in [-0.25, -0.2) is 8.42 Å². The van der Waals surface area contributed by atoms with Crippen molar-refractivity contribution in [1.29, 1.82) is 0 Å². The summed E-state index contributed by atoms with van der Waals surface area (Å²) in [6, 6.07) is 0.548. The van der Waals surface area contributed by atoms with Crippen molar-refractivity contribution in [3.8, 4) is 0 Å². The fraction of sp³-hybridized carbons (Fsp3) is 1.00. The molecule has 0 amide bonds. The summed E-state index contributed by atoms with van der Waals surface area (Å²) in [5, 5.41) is 12.9. The molecule has 17 heavy (non-hydrogen) atoms. The molecule has 1 aliphatic heterocycles. The maximum Gasteiger partial charge on any atom is 0.155 e. The van der Waals surface area contributed by atoms with Crippen molar-refractivity contribution in [3.05, 3.63) is 0 Å². The molecule has 6 heteroatoms. The second-order valence-corrected chi connectivity index (χ2v) is 7.23. The standard InChI is InChI=1S/C11H21NO4S/c1-12-8-2-4-9(5-3-8)16-11-7-17(14,15)6-10(11)13/h8-13H,2-7H2,1H3. The van der Waals surface area contributed by atoms with Crippen LogP contribution in [0.1, 0.15) is 25.7 Å². The van der Waals surface area contributed by atoms with Gasteiger partial charge in [0.05, 0.1) is 29.8 Å². The fourth-order valence-corrected chi connectivity index (χ4v) is 4.33. The number of aliphatic hydroxyl groups is 1. The third kappa shape index (κ3) is 3.40. The van der Waals surface area contributed by atoms with Crippen LogP contribution in [0.2, 0.25) is 0 Å². The van der Waals surface area contributed by atoms with Crippen molar-refractivity contribution in [3.63, 3.8) is 0 Å². The predicted molar refractivity (Wildman–Crippen MR) is 64.6 cm³/mol. The number of ether oxygens (including phenoxy) is 1. The highest BCUT2D eigenvalue weighted by molar-refractivity contribution is 7.91. The fourth-order valence-electron chi connectivity index (χ4n) is 2.66. The van der Waals surface area contributed by atoms with Crippen LogP contribution in [0, 0.1) is 0 Å². The number of hydrogen-bond acceptors (Lipinski definition) is 5. The summed E-state index contributed by atoms with van der Waals surface area (Å²) in [7, 11) is -1.14. The molecule has 2 unspecified atom stereocenters. The minimum atomic E-state index is -3.10. The van der Waals surface area contributed by atoms with Gasteiger partial charge in [0.25, 0.3) is 0 Å². The minimum Gasteiger partial charge on any atom is -0.389 e. The molecule has 2 N–H and O–H groups in total. The zero-order chi connectivity index (χ0) is 12.5. The third-order valence-electron chi connectivity index (χ3n) is 3.72. The molecule has 2 rings (SSSR count). The summed E-state index contributed by atoms with van der Waals surface area (Å²) in [5.74, 6) is -0.177. The van der Waals surface area contributed by atoms with Crippen molar-refractivity contribution in [2.45, 2.75) is 50.0 Å². The number of aliphatic hydroxyl groups excluding tert-OH is 1. The highest BCUT2D eigenvalue weighted by atomic mass is 32.2. The summed E-state index contributed by atoms with van der Waals surface area (Å²) >= 11 is 0. The van der Waals surface area contributed by atoms with E-state index in [0.717, 1.165) is 25.7 Å². The summed E-state index contributed by atoms with van der Waals surface area (Å²) in [6.45, 7) is 0. The molecule has 100 valence electrons. The van der Waals surface area contributed by atoms with Gasteiger partial charge in [-0.05, 0) is 32.7 Å². The minimum absolute atomic E-state index is 0.0277. The molecule has 0 aromatic rings. The Kier molecular flexibility index (Phi) is 4.07. The van der Waals surface area contributed by atoms with Crippen molar-refractivity contribution >= 4 is 9.84 Å². The highest BCUT2D eigenvalue weighted by Gasteiger charge is 2.39. The second kappa shape index (κ2) is 5.22. The molecule has 0 radical (unpaired) electrons. The van der Waals surface area contributed by atoms with Gasteiger partial charge in [-0.15, -0.1) is 0 Å². The van der Waals surface area contributed by atoms with E-state index in [1.54, 1.807) is 0 Å². The lowest BCUT2D eigenvalue weighted by atomic mass is 9.93. The molecule has 1 saturated heterocycles. The lowest BCUT2D eigenvalue weighted by Crippen LogP contribution is -2.37. The van der Waals surface area contributed by atoms with Gasteiger partial charge in [-0.2, -0.15) is 0 Å². The average Bonchev–Trinajstić information content (AvgIpc) is 2.53. The molecule has 0 aromatic heterocycles. The van der Waals surface area contributed by atoms with E-state index in [4.69, 9.17) is 4.74 Å². The van der Waals surface area contributed by atoms with Crippen molar-refractivity contribution < 1.29 is 18.3 Å². The van der Waals surface area contributed by atoms with Gasteiger partial charge in [0, 0.05) is 6.04 Å². The van der Waals surface area contributed by atoms with Gasteiger partial charge in [-0.1, -0.05) is 0 Å². The van der Waals surface area contributed by atoms with Gasteiger partial charge in [0.1, 0.15) is 0 Å². The smallest absolute Gasteiger partial charge is 0.155 e. The summed E-state index contributed by atoms with van der Waals surface area (Å²) in [6.07, 6.45) is 2.72. The Morgan fingerprint density at radius 1 is 1.18 bits per heavy atom.